The molecule has 12 aliphatic rings. The van der Waals surface area contributed by atoms with E-state index in [1.165, 1.54) is 13.8 Å². The zero-order chi connectivity index (χ0) is 66.8. The second-order valence-electron chi connectivity index (χ2n) is 29.5. The summed E-state index contributed by atoms with van der Waals surface area (Å²) in [5, 5.41) is 189. The highest BCUT2D eigenvalue weighted by atomic mass is 16.8. The maximum Gasteiger partial charge on any atom is 0.187 e. The fraction of sp³-hybridized carbons (Fsp3) is 1.00. The Morgan fingerprint density at radius 1 is 0.430 bits per heavy atom. The molecule has 536 valence electrons. The summed E-state index contributed by atoms with van der Waals surface area (Å²) >= 11 is 0. The van der Waals surface area contributed by atoms with Gasteiger partial charge in [0.1, 0.15) is 128 Å². The topological polar surface area (TPSA) is 473 Å². The molecule has 0 radical (unpaired) electrons. The van der Waals surface area contributed by atoms with Gasteiger partial charge >= 0.3 is 0 Å². The SMILES string of the molecule is CC1C2C(CC3C4CC[C@H]5C[C@@H](OC6O[C@H](CO)[C@H](OC7O[C@H](CO)[C@@H](O[C@@H]8O[C@H](CO)[C@@H](O)[C@H](O[C@@H]9OC[C@@H](O)[C@H](O)[C@H]9O)[C@H]8O[C@@H]8O[C@@H](C)[C@H](O[C@@H]9O[C@@H](C)[C@H](O)[C@@H](O)[C@H]9O)[C@@H](O)[C@H]8O)[C@H](O)[C@H]7O)[C@H](O)[C@H]6O)CC[C@]5(C)C4C[C@@H](O)[C@@]32C)O[C@]12CC[C@@H](C)CO2. The van der Waals surface area contributed by atoms with Crippen LogP contribution < -0.4 is 0 Å². The Hall–Kier alpha value is -1.24. The lowest BCUT2D eigenvalue weighted by Gasteiger charge is -2.62. The van der Waals surface area contributed by atoms with Gasteiger partial charge < -0.3 is 153 Å². The molecule has 8 saturated heterocycles. The zero-order valence-corrected chi connectivity index (χ0v) is 53.2. The van der Waals surface area contributed by atoms with Gasteiger partial charge in [0, 0.05) is 23.7 Å². The minimum Gasteiger partial charge on any atom is -0.394 e. The van der Waals surface area contributed by atoms with E-state index in [-0.39, 0.29) is 40.6 Å². The summed E-state index contributed by atoms with van der Waals surface area (Å²) in [6.07, 6.45) is -45.0. The number of ether oxygens (including phenoxy) is 14. The Morgan fingerprint density at radius 2 is 0.968 bits per heavy atom. The van der Waals surface area contributed by atoms with Gasteiger partial charge in [-0.3, -0.25) is 0 Å². The molecule has 17 N–H and O–H groups in total. The van der Waals surface area contributed by atoms with Gasteiger partial charge in [-0.05, 0) is 100 Å². The Bertz CT molecular complexity index is 2470. The third kappa shape index (κ3) is 12.6. The second kappa shape index (κ2) is 27.9. The summed E-state index contributed by atoms with van der Waals surface area (Å²) in [5.74, 6) is 1.43. The Morgan fingerprint density at radius 3 is 1.59 bits per heavy atom. The van der Waals surface area contributed by atoms with Gasteiger partial charge in [-0.1, -0.05) is 27.7 Å². The Labute approximate surface area is 538 Å². The molecule has 31 heteroatoms. The Kier molecular flexibility index (Phi) is 21.5. The molecule has 0 amide bonds. The van der Waals surface area contributed by atoms with Crippen molar-refractivity contribution in [1.29, 1.82) is 0 Å². The van der Waals surface area contributed by atoms with Crippen LogP contribution in [0, 0.1) is 52.3 Å². The first-order valence-electron chi connectivity index (χ1n) is 33.6. The van der Waals surface area contributed by atoms with E-state index >= 15 is 0 Å². The van der Waals surface area contributed by atoms with Crippen LogP contribution >= 0.6 is 0 Å². The fourth-order valence-corrected chi connectivity index (χ4v) is 18.7. The van der Waals surface area contributed by atoms with E-state index in [0.717, 1.165) is 38.5 Å². The standard InChI is InChI=1S/C62H102O31/c1-21-9-12-62(81-19-21)22(2)36-31(93-62)14-29-27-8-7-25-13-26(10-11-60(25,5)28(27)15-35(67)61(29,36)6)84-57-47(78)42(73)50(33(17-64)86-57)89-58-48(79)43(74)51(34(18-65)87-58)90-59-53(52(39(70)32(16-63)85-59)91-54-44(75)38(69)30(66)20-80-54)92-56-46(77)41(72)49(24(4)83-56)88-55-45(76)40(71)37(68)23(3)82-55/h21-59,63-79H,7-20H2,1-6H3/t21-,22?,23+,24+,25+,26+,27?,28?,29?,30-,31?,32-,33-,34-,35-,36?,37+,38+,39-,40-,41+,42-,43-,44-,45-,46-,47-,48-,49+,50+,51-,52+,53-,54+,55+,56+,57?,58?,59+,60+,61-,62-/m1/s1. The summed E-state index contributed by atoms with van der Waals surface area (Å²) in [4.78, 5) is 0. The lowest BCUT2D eigenvalue weighted by molar-refractivity contribution is -0.409. The lowest BCUT2D eigenvalue weighted by atomic mass is 9.43. The summed E-state index contributed by atoms with van der Waals surface area (Å²) in [7, 11) is 0. The van der Waals surface area contributed by atoms with Crippen molar-refractivity contribution >= 4 is 0 Å². The molecule has 42 atom stereocenters. The molecule has 1 spiro atoms. The summed E-state index contributed by atoms with van der Waals surface area (Å²) in [6, 6.07) is 0. The van der Waals surface area contributed by atoms with Crippen molar-refractivity contribution in [3.05, 3.63) is 0 Å². The van der Waals surface area contributed by atoms with Gasteiger partial charge in [0.15, 0.2) is 43.5 Å². The van der Waals surface area contributed by atoms with Crippen molar-refractivity contribution in [3.63, 3.8) is 0 Å². The summed E-state index contributed by atoms with van der Waals surface area (Å²) < 4.78 is 85.2. The number of hydrogen-bond acceptors (Lipinski definition) is 31. The van der Waals surface area contributed by atoms with Crippen LogP contribution in [0.4, 0.5) is 0 Å². The molecule has 0 aromatic carbocycles. The summed E-state index contributed by atoms with van der Waals surface area (Å²) in [5.41, 5.74) is -0.416. The van der Waals surface area contributed by atoms with E-state index in [4.69, 9.17) is 66.3 Å². The van der Waals surface area contributed by atoms with Gasteiger partial charge in [0.2, 0.25) is 0 Å². The molecule has 93 heavy (non-hydrogen) atoms. The monoisotopic (exact) mass is 1340 g/mol. The fourth-order valence-electron chi connectivity index (χ4n) is 18.7. The molecule has 31 nitrogen and oxygen atoms in total. The Balaban J connectivity index is 0.697. The summed E-state index contributed by atoms with van der Waals surface area (Å²) in [6.45, 7) is 9.16. The molecule has 8 aliphatic heterocycles. The molecule has 0 bridgehead atoms. The minimum absolute atomic E-state index is 0.0301. The average molecular weight is 1340 g/mol. The number of aliphatic hydroxyl groups excluding tert-OH is 17. The normalized spacial score (nSPS) is 58.3. The first-order chi connectivity index (χ1) is 44.1. The molecule has 4 saturated carbocycles. The predicted octanol–water partition coefficient (Wildman–Crippen LogP) is -5.60. The number of fused-ring (bicyclic) bond motifs is 7. The maximum atomic E-state index is 12.4. The number of aliphatic hydroxyl groups is 17. The van der Waals surface area contributed by atoms with Crippen LogP contribution in [0.3, 0.4) is 0 Å². The number of rotatable bonds is 15. The molecule has 8 unspecified atom stereocenters. The van der Waals surface area contributed by atoms with Crippen molar-refractivity contribution in [2.45, 2.75) is 302 Å². The van der Waals surface area contributed by atoms with Crippen LogP contribution in [0.5, 0.6) is 0 Å². The molecule has 0 aromatic heterocycles. The molecular weight excluding hydrogens is 1240 g/mol. The smallest absolute Gasteiger partial charge is 0.187 e. The van der Waals surface area contributed by atoms with Crippen molar-refractivity contribution < 1.29 is 153 Å². The van der Waals surface area contributed by atoms with E-state index in [1.54, 1.807) is 0 Å². The van der Waals surface area contributed by atoms with Crippen LogP contribution in [0.25, 0.3) is 0 Å². The molecule has 12 fully saturated rings. The van der Waals surface area contributed by atoms with Crippen molar-refractivity contribution in [3.8, 4) is 0 Å². The maximum absolute atomic E-state index is 12.4. The minimum atomic E-state index is -2.15. The van der Waals surface area contributed by atoms with Gasteiger partial charge in [-0.25, -0.2) is 0 Å². The van der Waals surface area contributed by atoms with E-state index in [9.17, 15) is 86.8 Å². The molecule has 4 aliphatic carbocycles. The van der Waals surface area contributed by atoms with E-state index in [2.05, 4.69) is 27.7 Å². The van der Waals surface area contributed by atoms with Crippen LogP contribution in [-0.2, 0) is 66.3 Å². The predicted molar refractivity (Wildman–Crippen MR) is 306 cm³/mol. The molecule has 12 rings (SSSR count). The van der Waals surface area contributed by atoms with Crippen LogP contribution in [0.1, 0.15) is 99.3 Å². The van der Waals surface area contributed by atoms with Gasteiger partial charge in [-0.2, -0.15) is 0 Å². The quantitative estimate of drug-likeness (QED) is 0.0680. The van der Waals surface area contributed by atoms with Crippen molar-refractivity contribution in [2.75, 3.05) is 33.0 Å². The highest BCUT2D eigenvalue weighted by Gasteiger charge is 2.72. The third-order valence-corrected chi connectivity index (χ3v) is 24.3. The van der Waals surface area contributed by atoms with Crippen molar-refractivity contribution in [2.24, 2.45) is 52.3 Å². The van der Waals surface area contributed by atoms with Crippen molar-refractivity contribution in [1.82, 2.24) is 0 Å². The highest BCUT2D eigenvalue weighted by molar-refractivity contribution is 5.18. The van der Waals surface area contributed by atoms with Crippen LogP contribution in [0.2, 0.25) is 0 Å². The lowest BCUT2D eigenvalue weighted by Crippen LogP contribution is -2.69. The average Bonchev–Trinajstić information content (AvgIpc) is 1.57. The zero-order valence-electron chi connectivity index (χ0n) is 53.2. The van der Waals surface area contributed by atoms with Gasteiger partial charge in [0.25, 0.3) is 0 Å². The second-order valence-corrected chi connectivity index (χ2v) is 29.5. The van der Waals surface area contributed by atoms with Crippen LogP contribution in [0.15, 0.2) is 0 Å². The van der Waals surface area contributed by atoms with E-state index < -0.39 is 223 Å². The van der Waals surface area contributed by atoms with Gasteiger partial charge in [0.05, 0.1) is 63.6 Å². The highest BCUT2D eigenvalue weighted by Crippen LogP contribution is 2.71. The first kappa shape index (κ1) is 71.6. The molecule has 8 heterocycles. The van der Waals surface area contributed by atoms with E-state index in [0.29, 0.717) is 43.6 Å². The third-order valence-electron chi connectivity index (χ3n) is 24.3. The molecule has 0 aromatic rings. The van der Waals surface area contributed by atoms with Gasteiger partial charge in [-0.15, -0.1) is 0 Å². The largest absolute Gasteiger partial charge is 0.394 e. The van der Waals surface area contributed by atoms with Crippen LogP contribution in [-0.4, -0.2) is 322 Å². The first-order valence-corrected chi connectivity index (χ1v) is 33.6. The van der Waals surface area contributed by atoms with E-state index in [1.807, 2.05) is 0 Å². The molecular formula is C62H102O31. The number of hydrogen-bond donors (Lipinski definition) is 17.